The van der Waals surface area contributed by atoms with Gasteiger partial charge < -0.3 is 19.7 Å². The highest BCUT2D eigenvalue weighted by atomic mass is 127. The van der Waals surface area contributed by atoms with Crippen LogP contribution >= 0.6 is 24.0 Å². The van der Waals surface area contributed by atoms with Gasteiger partial charge in [0.25, 0.3) is 0 Å². The quantitative estimate of drug-likeness (QED) is 0.476. The third kappa shape index (κ3) is 5.40. The molecule has 0 aliphatic rings. The van der Waals surface area contributed by atoms with Crippen LogP contribution in [0.5, 0.6) is 0 Å². The molecule has 110 valence electrons. The number of aliphatic hydroxyl groups is 1. The Morgan fingerprint density at radius 3 is 2.53 bits per heavy atom. The van der Waals surface area contributed by atoms with Crippen LogP contribution in [0.15, 0.2) is 21.5 Å². The van der Waals surface area contributed by atoms with Crippen molar-refractivity contribution < 1.29 is 9.52 Å². The molecule has 0 saturated carbocycles. The first-order valence-electron chi connectivity index (χ1n) is 6.11. The minimum Gasteiger partial charge on any atom is -0.463 e. The van der Waals surface area contributed by atoms with E-state index in [1.54, 1.807) is 13.0 Å². The van der Waals surface area contributed by atoms with Crippen LogP contribution in [-0.2, 0) is 5.60 Å². The van der Waals surface area contributed by atoms with Crippen molar-refractivity contribution in [1.29, 1.82) is 0 Å². The van der Waals surface area contributed by atoms with Crippen molar-refractivity contribution in [3.8, 4) is 0 Å². The number of nitrogens with one attached hydrogen (secondary N) is 1. The highest BCUT2D eigenvalue weighted by molar-refractivity contribution is 14.0. The topological polar surface area (TPSA) is 61.0 Å². The summed E-state index contributed by atoms with van der Waals surface area (Å²) >= 11 is 0. The van der Waals surface area contributed by atoms with Crippen LogP contribution in [0.25, 0.3) is 0 Å². The summed E-state index contributed by atoms with van der Waals surface area (Å²) in [6.45, 7) is 6.60. The van der Waals surface area contributed by atoms with Crippen molar-refractivity contribution in [2.24, 2.45) is 4.99 Å². The second-order valence-electron chi connectivity index (χ2n) is 4.75. The maximum absolute atomic E-state index is 10.4. The first-order valence-corrected chi connectivity index (χ1v) is 6.11. The number of furan rings is 1. The molecule has 1 unspecified atom stereocenters. The lowest BCUT2D eigenvalue weighted by Crippen LogP contribution is -2.37. The van der Waals surface area contributed by atoms with E-state index in [0.717, 1.165) is 18.3 Å². The van der Waals surface area contributed by atoms with Gasteiger partial charge in [0.1, 0.15) is 17.1 Å². The number of nitrogens with zero attached hydrogens (tertiary/aromatic N) is 2. The van der Waals surface area contributed by atoms with Gasteiger partial charge in [-0.25, -0.2) is 4.99 Å². The summed E-state index contributed by atoms with van der Waals surface area (Å²) in [5.41, 5.74) is -1.09. The molecule has 0 saturated heterocycles. The molecule has 0 aromatic carbocycles. The van der Waals surface area contributed by atoms with Gasteiger partial charge in [-0.1, -0.05) is 0 Å². The van der Waals surface area contributed by atoms with Crippen LogP contribution in [0.2, 0.25) is 0 Å². The fourth-order valence-electron chi connectivity index (χ4n) is 1.54. The Balaban J connectivity index is 0.00000324. The third-order valence-corrected chi connectivity index (χ3v) is 2.57. The van der Waals surface area contributed by atoms with E-state index < -0.39 is 5.60 Å². The number of aryl methyl sites for hydroxylation is 1. The van der Waals surface area contributed by atoms with E-state index in [4.69, 9.17) is 4.42 Å². The highest BCUT2D eigenvalue weighted by Crippen LogP contribution is 2.23. The van der Waals surface area contributed by atoms with Crippen molar-refractivity contribution in [2.45, 2.75) is 26.4 Å². The molecule has 1 atom stereocenters. The van der Waals surface area contributed by atoms with Crippen LogP contribution < -0.4 is 5.32 Å². The standard InChI is InChI=1S/C13H23N3O2.HI/c1-6-14-12(16(4)5)15-9-13(3,17)11-8-7-10(2)18-11;/h7-8,17H,6,9H2,1-5H3,(H,14,15);1H. The van der Waals surface area contributed by atoms with Crippen LogP contribution in [0.3, 0.4) is 0 Å². The number of guanidine groups is 1. The molecule has 19 heavy (non-hydrogen) atoms. The molecule has 0 fully saturated rings. The Morgan fingerprint density at radius 2 is 2.11 bits per heavy atom. The van der Waals surface area contributed by atoms with Crippen molar-refractivity contribution >= 4 is 29.9 Å². The molecule has 0 aliphatic heterocycles. The molecule has 0 bridgehead atoms. The molecule has 0 spiro atoms. The first-order chi connectivity index (χ1) is 8.36. The van der Waals surface area contributed by atoms with E-state index in [0.29, 0.717) is 5.76 Å². The lowest BCUT2D eigenvalue weighted by atomic mass is 10.0. The predicted octanol–water partition coefficient (Wildman–Crippen LogP) is 1.94. The Morgan fingerprint density at radius 1 is 1.47 bits per heavy atom. The van der Waals surface area contributed by atoms with E-state index in [1.165, 1.54) is 0 Å². The van der Waals surface area contributed by atoms with Gasteiger partial charge in [0.15, 0.2) is 5.96 Å². The number of rotatable bonds is 4. The molecule has 0 aliphatic carbocycles. The molecule has 5 nitrogen and oxygen atoms in total. The molecule has 0 amide bonds. The van der Waals surface area contributed by atoms with Gasteiger partial charge in [-0.3, -0.25) is 0 Å². The molecule has 1 aromatic rings. The predicted molar refractivity (Wildman–Crippen MR) is 88.1 cm³/mol. The molecule has 1 rings (SSSR count). The normalized spacial score (nSPS) is 14.5. The van der Waals surface area contributed by atoms with E-state index in [-0.39, 0.29) is 30.5 Å². The van der Waals surface area contributed by atoms with Crippen LogP contribution in [0.4, 0.5) is 0 Å². The minimum atomic E-state index is -1.09. The van der Waals surface area contributed by atoms with Gasteiger partial charge in [0, 0.05) is 20.6 Å². The van der Waals surface area contributed by atoms with Gasteiger partial charge in [-0.2, -0.15) is 0 Å². The second-order valence-corrected chi connectivity index (χ2v) is 4.75. The monoisotopic (exact) mass is 381 g/mol. The van der Waals surface area contributed by atoms with Gasteiger partial charge >= 0.3 is 0 Å². The van der Waals surface area contributed by atoms with Crippen molar-refractivity contribution in [3.63, 3.8) is 0 Å². The molecule has 2 N–H and O–H groups in total. The number of hydrogen-bond acceptors (Lipinski definition) is 3. The van der Waals surface area contributed by atoms with Crippen LogP contribution in [0, 0.1) is 6.92 Å². The fraction of sp³-hybridized carbons (Fsp3) is 0.615. The molecule has 0 radical (unpaired) electrons. The smallest absolute Gasteiger partial charge is 0.193 e. The zero-order chi connectivity index (χ0) is 13.8. The molecule has 1 heterocycles. The Hall–Kier alpha value is -0.760. The Bertz CT molecular complexity index is 414. The lowest BCUT2D eigenvalue weighted by molar-refractivity contribution is 0.0427. The molecule has 1 aromatic heterocycles. The summed E-state index contributed by atoms with van der Waals surface area (Å²) in [7, 11) is 3.82. The summed E-state index contributed by atoms with van der Waals surface area (Å²) in [5.74, 6) is 2.08. The van der Waals surface area contributed by atoms with Crippen molar-refractivity contribution in [1.82, 2.24) is 10.2 Å². The van der Waals surface area contributed by atoms with Crippen molar-refractivity contribution in [3.05, 3.63) is 23.7 Å². The average molecular weight is 381 g/mol. The van der Waals surface area contributed by atoms with Crippen LogP contribution in [-0.4, -0.2) is 43.2 Å². The number of hydrogen-bond donors (Lipinski definition) is 2. The summed E-state index contributed by atoms with van der Waals surface area (Å²) in [6.07, 6.45) is 0. The van der Waals surface area contributed by atoms with E-state index in [9.17, 15) is 5.11 Å². The molecular formula is C13H24IN3O2. The summed E-state index contributed by atoms with van der Waals surface area (Å²) < 4.78 is 5.45. The largest absolute Gasteiger partial charge is 0.463 e. The molecular weight excluding hydrogens is 357 g/mol. The lowest BCUT2D eigenvalue weighted by Gasteiger charge is -2.21. The van der Waals surface area contributed by atoms with E-state index >= 15 is 0 Å². The van der Waals surface area contributed by atoms with Gasteiger partial charge in [0.05, 0.1) is 6.54 Å². The maximum Gasteiger partial charge on any atom is 0.193 e. The van der Waals surface area contributed by atoms with Gasteiger partial charge in [-0.15, -0.1) is 24.0 Å². The van der Waals surface area contributed by atoms with Gasteiger partial charge in [-0.05, 0) is 32.9 Å². The molecule has 6 heteroatoms. The van der Waals surface area contributed by atoms with E-state index in [2.05, 4.69) is 10.3 Å². The SMILES string of the molecule is CCNC(=NCC(C)(O)c1ccc(C)o1)N(C)C.I. The number of aliphatic imine (C=N–C) groups is 1. The zero-order valence-corrected chi connectivity index (χ0v) is 14.6. The summed E-state index contributed by atoms with van der Waals surface area (Å²) in [4.78, 5) is 6.27. The number of halogens is 1. The Kier molecular flexibility index (Phi) is 7.43. The Labute approximate surface area is 132 Å². The van der Waals surface area contributed by atoms with E-state index in [1.807, 2.05) is 38.9 Å². The fourth-order valence-corrected chi connectivity index (χ4v) is 1.54. The average Bonchev–Trinajstić information content (AvgIpc) is 2.71. The highest BCUT2D eigenvalue weighted by Gasteiger charge is 2.26. The second kappa shape index (κ2) is 7.74. The third-order valence-electron chi connectivity index (χ3n) is 2.57. The van der Waals surface area contributed by atoms with Crippen molar-refractivity contribution in [2.75, 3.05) is 27.2 Å². The minimum absolute atomic E-state index is 0. The maximum atomic E-state index is 10.4. The van der Waals surface area contributed by atoms with Crippen LogP contribution in [0.1, 0.15) is 25.4 Å². The summed E-state index contributed by atoms with van der Waals surface area (Å²) in [6, 6.07) is 3.62. The first kappa shape index (κ1) is 18.2. The zero-order valence-electron chi connectivity index (χ0n) is 12.2. The summed E-state index contributed by atoms with van der Waals surface area (Å²) in [5, 5.41) is 13.5. The van der Waals surface area contributed by atoms with Gasteiger partial charge in [0.2, 0.25) is 0 Å².